The summed E-state index contributed by atoms with van der Waals surface area (Å²) in [6.45, 7) is 3.01. The normalized spacial score (nSPS) is 12.2. The van der Waals surface area contributed by atoms with Gasteiger partial charge in [-0.3, -0.25) is 0 Å². The summed E-state index contributed by atoms with van der Waals surface area (Å²) in [4.78, 5) is 10.4. The average Bonchev–Trinajstić information content (AvgIpc) is 2.11. The molecule has 76 valence electrons. The molecule has 0 aliphatic carbocycles. The van der Waals surface area contributed by atoms with Crippen molar-refractivity contribution in [2.24, 2.45) is 0 Å². The second-order valence-electron chi connectivity index (χ2n) is 3.01. The summed E-state index contributed by atoms with van der Waals surface area (Å²) in [6, 6.07) is 4.26. The minimum Gasteiger partial charge on any atom is -0.479 e. The molecule has 3 nitrogen and oxygen atoms in total. The van der Waals surface area contributed by atoms with Gasteiger partial charge in [0, 0.05) is 6.07 Å². The minimum absolute atomic E-state index is 0.225. The Morgan fingerprint density at radius 3 is 2.71 bits per heavy atom. The standard InChI is InChI=1S/C10H11FO3/c1-6-3-4-8(5-9(6)11)14-7(2)10(12)13/h3-5,7H,1-2H3,(H,12,13). The molecule has 1 atom stereocenters. The van der Waals surface area contributed by atoms with E-state index < -0.39 is 17.9 Å². The first-order chi connectivity index (χ1) is 6.50. The lowest BCUT2D eigenvalue weighted by atomic mass is 10.2. The number of carboxylic acid groups (broad SMARTS) is 1. The second kappa shape index (κ2) is 4.09. The number of hydrogen-bond acceptors (Lipinski definition) is 2. The first kappa shape index (κ1) is 10.5. The van der Waals surface area contributed by atoms with E-state index in [4.69, 9.17) is 9.84 Å². The molecule has 14 heavy (non-hydrogen) atoms. The van der Waals surface area contributed by atoms with E-state index in [1.807, 2.05) is 0 Å². The number of aliphatic carboxylic acids is 1. The third-order valence-corrected chi connectivity index (χ3v) is 1.80. The second-order valence-corrected chi connectivity index (χ2v) is 3.01. The predicted octanol–water partition coefficient (Wildman–Crippen LogP) is 1.99. The highest BCUT2D eigenvalue weighted by atomic mass is 19.1. The summed E-state index contributed by atoms with van der Waals surface area (Å²) in [6.07, 6.45) is -0.975. The van der Waals surface area contributed by atoms with Crippen molar-refractivity contribution in [2.45, 2.75) is 20.0 Å². The Labute approximate surface area is 81.1 Å². The molecule has 1 aromatic rings. The minimum atomic E-state index is -1.08. The summed E-state index contributed by atoms with van der Waals surface area (Å²) in [5.41, 5.74) is 0.500. The molecule has 0 aliphatic rings. The molecule has 0 saturated heterocycles. The Kier molecular flexibility index (Phi) is 3.06. The van der Waals surface area contributed by atoms with Crippen LogP contribution in [-0.4, -0.2) is 17.2 Å². The summed E-state index contributed by atoms with van der Waals surface area (Å²) in [5.74, 6) is -1.26. The summed E-state index contributed by atoms with van der Waals surface area (Å²) >= 11 is 0. The van der Waals surface area contributed by atoms with E-state index in [0.717, 1.165) is 0 Å². The molecule has 0 fully saturated rings. The van der Waals surface area contributed by atoms with Crippen LogP contribution in [0.3, 0.4) is 0 Å². The highest BCUT2D eigenvalue weighted by Crippen LogP contribution is 2.17. The molecule has 0 radical (unpaired) electrons. The molecular weight excluding hydrogens is 187 g/mol. The van der Waals surface area contributed by atoms with E-state index in [2.05, 4.69) is 0 Å². The fourth-order valence-corrected chi connectivity index (χ4v) is 0.901. The Balaban J connectivity index is 2.78. The van der Waals surface area contributed by atoms with Gasteiger partial charge in [0.25, 0.3) is 0 Å². The number of carbonyl (C=O) groups is 1. The zero-order valence-electron chi connectivity index (χ0n) is 7.95. The lowest BCUT2D eigenvalue weighted by Gasteiger charge is -2.10. The van der Waals surface area contributed by atoms with Crippen LogP contribution < -0.4 is 4.74 Å². The van der Waals surface area contributed by atoms with Gasteiger partial charge >= 0.3 is 5.97 Å². The van der Waals surface area contributed by atoms with Crippen molar-refractivity contribution >= 4 is 5.97 Å². The van der Waals surface area contributed by atoms with E-state index in [0.29, 0.717) is 5.56 Å². The van der Waals surface area contributed by atoms with Crippen molar-refractivity contribution in [3.63, 3.8) is 0 Å². The largest absolute Gasteiger partial charge is 0.479 e. The van der Waals surface area contributed by atoms with Gasteiger partial charge in [-0.1, -0.05) is 6.07 Å². The maximum atomic E-state index is 13.0. The molecule has 4 heteroatoms. The quantitative estimate of drug-likeness (QED) is 0.807. The smallest absolute Gasteiger partial charge is 0.344 e. The van der Waals surface area contributed by atoms with Gasteiger partial charge in [0.05, 0.1) is 0 Å². The van der Waals surface area contributed by atoms with Crippen LogP contribution in [0.1, 0.15) is 12.5 Å². The van der Waals surface area contributed by atoms with Crippen LogP contribution in [0.2, 0.25) is 0 Å². The summed E-state index contributed by atoms with van der Waals surface area (Å²) in [7, 11) is 0. The number of benzene rings is 1. The van der Waals surface area contributed by atoms with Crippen LogP contribution in [0.5, 0.6) is 5.75 Å². The van der Waals surface area contributed by atoms with Crippen LogP contribution in [0.4, 0.5) is 4.39 Å². The van der Waals surface area contributed by atoms with Crippen LogP contribution in [-0.2, 0) is 4.79 Å². The van der Waals surface area contributed by atoms with Crippen LogP contribution in [0, 0.1) is 12.7 Å². The molecule has 1 rings (SSSR count). The molecule has 0 spiro atoms. The number of carboxylic acids is 1. The van der Waals surface area contributed by atoms with Crippen molar-refractivity contribution in [3.8, 4) is 5.75 Å². The summed E-state index contributed by atoms with van der Waals surface area (Å²) in [5, 5.41) is 8.55. The van der Waals surface area contributed by atoms with E-state index in [1.165, 1.54) is 19.1 Å². The van der Waals surface area contributed by atoms with E-state index in [9.17, 15) is 9.18 Å². The van der Waals surface area contributed by atoms with Crippen molar-refractivity contribution in [1.82, 2.24) is 0 Å². The monoisotopic (exact) mass is 198 g/mol. The van der Waals surface area contributed by atoms with Crippen molar-refractivity contribution in [1.29, 1.82) is 0 Å². The molecule has 0 saturated carbocycles. The molecule has 0 amide bonds. The fourth-order valence-electron chi connectivity index (χ4n) is 0.901. The van der Waals surface area contributed by atoms with Gasteiger partial charge in [-0.25, -0.2) is 9.18 Å². The highest BCUT2D eigenvalue weighted by molar-refractivity contribution is 5.72. The molecule has 0 aliphatic heterocycles. The van der Waals surface area contributed by atoms with Gasteiger partial charge in [0.2, 0.25) is 0 Å². The van der Waals surface area contributed by atoms with Crippen molar-refractivity contribution < 1.29 is 19.0 Å². The van der Waals surface area contributed by atoms with Crippen LogP contribution >= 0.6 is 0 Å². The molecular formula is C10H11FO3. The van der Waals surface area contributed by atoms with Crippen LogP contribution in [0.25, 0.3) is 0 Å². The highest BCUT2D eigenvalue weighted by Gasteiger charge is 2.12. The Hall–Kier alpha value is -1.58. The predicted molar refractivity (Wildman–Crippen MR) is 48.9 cm³/mol. The third kappa shape index (κ3) is 2.45. The van der Waals surface area contributed by atoms with Gasteiger partial charge in [-0.05, 0) is 25.5 Å². The third-order valence-electron chi connectivity index (χ3n) is 1.80. The molecule has 1 N–H and O–H groups in total. The van der Waals surface area contributed by atoms with Crippen molar-refractivity contribution in [3.05, 3.63) is 29.6 Å². The fraction of sp³-hybridized carbons (Fsp3) is 0.300. The molecule has 1 unspecified atom stereocenters. The van der Waals surface area contributed by atoms with E-state index in [1.54, 1.807) is 13.0 Å². The van der Waals surface area contributed by atoms with Gasteiger partial charge < -0.3 is 9.84 Å². The maximum absolute atomic E-state index is 13.0. The topological polar surface area (TPSA) is 46.5 Å². The van der Waals surface area contributed by atoms with Crippen LogP contribution in [0.15, 0.2) is 18.2 Å². The Morgan fingerprint density at radius 1 is 1.57 bits per heavy atom. The molecule has 0 bridgehead atoms. The van der Waals surface area contributed by atoms with E-state index in [-0.39, 0.29) is 5.75 Å². The number of rotatable bonds is 3. The number of halogens is 1. The first-order valence-electron chi connectivity index (χ1n) is 4.16. The zero-order valence-corrected chi connectivity index (χ0v) is 7.95. The lowest BCUT2D eigenvalue weighted by molar-refractivity contribution is -0.144. The Morgan fingerprint density at radius 2 is 2.21 bits per heavy atom. The van der Waals surface area contributed by atoms with Gasteiger partial charge in [0.1, 0.15) is 11.6 Å². The molecule has 0 heterocycles. The van der Waals surface area contributed by atoms with Crippen molar-refractivity contribution in [2.75, 3.05) is 0 Å². The average molecular weight is 198 g/mol. The zero-order chi connectivity index (χ0) is 10.7. The number of hydrogen-bond donors (Lipinski definition) is 1. The van der Waals surface area contributed by atoms with Gasteiger partial charge in [-0.15, -0.1) is 0 Å². The Bertz CT molecular complexity index is 349. The number of ether oxygens (including phenoxy) is 1. The molecule has 0 aromatic heterocycles. The first-order valence-corrected chi connectivity index (χ1v) is 4.16. The van der Waals surface area contributed by atoms with E-state index >= 15 is 0 Å². The number of aryl methyl sites for hydroxylation is 1. The maximum Gasteiger partial charge on any atom is 0.344 e. The SMILES string of the molecule is Cc1ccc(OC(C)C(=O)O)cc1F. The molecule has 1 aromatic carbocycles. The van der Waals surface area contributed by atoms with Gasteiger partial charge in [-0.2, -0.15) is 0 Å². The summed E-state index contributed by atoms with van der Waals surface area (Å²) < 4.78 is 18.0. The lowest BCUT2D eigenvalue weighted by Crippen LogP contribution is -2.22. The van der Waals surface area contributed by atoms with Gasteiger partial charge in [0.15, 0.2) is 6.10 Å².